The lowest BCUT2D eigenvalue weighted by molar-refractivity contribution is -0.386. The highest BCUT2D eigenvalue weighted by atomic mass is 35.5. The van der Waals surface area contributed by atoms with Gasteiger partial charge in [0.25, 0.3) is 5.91 Å². The summed E-state index contributed by atoms with van der Waals surface area (Å²) in [6.45, 7) is 5.58. The van der Waals surface area contributed by atoms with Gasteiger partial charge in [-0.15, -0.1) is 12.4 Å². The van der Waals surface area contributed by atoms with Crippen molar-refractivity contribution in [2.45, 2.75) is 26.0 Å². The van der Waals surface area contributed by atoms with Gasteiger partial charge in [0, 0.05) is 36.8 Å². The second-order valence-corrected chi connectivity index (χ2v) is 5.65. The normalized spacial score (nSPS) is 18.7. The Morgan fingerprint density at radius 3 is 2.87 bits per heavy atom. The number of nitro benzene ring substituents is 1. The summed E-state index contributed by atoms with van der Waals surface area (Å²) in [5, 5.41) is 14.5. The Kier molecular flexibility index (Phi) is 7.05. The number of amides is 1. The van der Waals surface area contributed by atoms with E-state index in [4.69, 9.17) is 16.3 Å². The number of nitrogens with zero attached hydrogens (tertiary/aromatic N) is 2. The number of nitro groups is 1. The monoisotopic (exact) mass is 363 g/mol. The van der Waals surface area contributed by atoms with Crippen LogP contribution in [0.3, 0.4) is 0 Å². The van der Waals surface area contributed by atoms with E-state index in [1.165, 1.54) is 18.2 Å². The molecule has 0 spiro atoms. The quantitative estimate of drug-likeness (QED) is 0.654. The average molecular weight is 364 g/mol. The molecule has 0 aromatic heterocycles. The van der Waals surface area contributed by atoms with Crippen LogP contribution in [-0.2, 0) is 4.79 Å². The van der Waals surface area contributed by atoms with Crippen molar-refractivity contribution in [2.24, 2.45) is 0 Å². The van der Waals surface area contributed by atoms with E-state index in [0.717, 1.165) is 13.1 Å². The first-order chi connectivity index (χ1) is 10.4. The van der Waals surface area contributed by atoms with Crippen LogP contribution in [0.25, 0.3) is 0 Å². The van der Waals surface area contributed by atoms with E-state index in [-0.39, 0.29) is 40.8 Å². The molecule has 2 rings (SSSR count). The number of carbonyl (C=O) groups excluding carboxylic acids is 1. The van der Waals surface area contributed by atoms with Crippen LogP contribution in [0.5, 0.6) is 5.75 Å². The standard InChI is InChI=1S/C14H18ClN3O4.ClH/c1-9-8-16-5-6-17(9)14(19)10(2)22-13-4-3-11(15)7-12(13)18(20)21;/h3-4,7,9-10,16H,5-6,8H2,1-2H3;1H. The minimum absolute atomic E-state index is 0. The van der Waals surface area contributed by atoms with Crippen LogP contribution in [-0.4, -0.2) is 47.5 Å². The van der Waals surface area contributed by atoms with Crippen molar-refractivity contribution in [1.29, 1.82) is 0 Å². The summed E-state index contributed by atoms with van der Waals surface area (Å²) < 4.78 is 5.51. The van der Waals surface area contributed by atoms with Crippen LogP contribution in [0.4, 0.5) is 5.69 Å². The number of hydrogen-bond donors (Lipinski definition) is 1. The maximum atomic E-state index is 12.4. The minimum atomic E-state index is -0.805. The third-order valence-corrected chi connectivity index (χ3v) is 3.79. The molecule has 1 aromatic rings. The summed E-state index contributed by atoms with van der Waals surface area (Å²) >= 11 is 5.76. The molecule has 1 saturated heterocycles. The Balaban J connectivity index is 0.00000264. The zero-order chi connectivity index (χ0) is 16.3. The van der Waals surface area contributed by atoms with Gasteiger partial charge < -0.3 is 15.0 Å². The van der Waals surface area contributed by atoms with Crippen LogP contribution in [0.2, 0.25) is 5.02 Å². The van der Waals surface area contributed by atoms with E-state index in [0.29, 0.717) is 6.54 Å². The van der Waals surface area contributed by atoms with Crippen LogP contribution < -0.4 is 10.1 Å². The summed E-state index contributed by atoms with van der Waals surface area (Å²) in [6.07, 6.45) is -0.805. The van der Waals surface area contributed by atoms with E-state index in [1.54, 1.807) is 11.8 Å². The van der Waals surface area contributed by atoms with Gasteiger partial charge in [0.05, 0.1) is 4.92 Å². The number of hydrogen-bond acceptors (Lipinski definition) is 5. The molecular weight excluding hydrogens is 345 g/mol. The first-order valence-corrected chi connectivity index (χ1v) is 7.39. The van der Waals surface area contributed by atoms with Gasteiger partial charge in [-0.1, -0.05) is 11.6 Å². The molecule has 128 valence electrons. The second kappa shape index (κ2) is 8.33. The van der Waals surface area contributed by atoms with Crippen molar-refractivity contribution in [3.8, 4) is 5.75 Å². The number of nitrogens with one attached hydrogen (secondary N) is 1. The zero-order valence-corrected chi connectivity index (χ0v) is 14.4. The molecule has 1 N–H and O–H groups in total. The van der Waals surface area contributed by atoms with E-state index in [2.05, 4.69) is 5.32 Å². The van der Waals surface area contributed by atoms with Gasteiger partial charge >= 0.3 is 5.69 Å². The average Bonchev–Trinajstić information content (AvgIpc) is 2.48. The van der Waals surface area contributed by atoms with E-state index >= 15 is 0 Å². The largest absolute Gasteiger partial charge is 0.474 e. The van der Waals surface area contributed by atoms with Crippen LogP contribution in [0.15, 0.2) is 18.2 Å². The van der Waals surface area contributed by atoms with Gasteiger partial charge in [-0.2, -0.15) is 0 Å². The van der Waals surface area contributed by atoms with E-state index < -0.39 is 11.0 Å². The number of ether oxygens (including phenoxy) is 1. The Hall–Kier alpha value is -1.57. The Morgan fingerprint density at radius 2 is 2.26 bits per heavy atom. The molecule has 7 nitrogen and oxygen atoms in total. The van der Waals surface area contributed by atoms with E-state index in [9.17, 15) is 14.9 Å². The van der Waals surface area contributed by atoms with Crippen molar-refractivity contribution in [2.75, 3.05) is 19.6 Å². The number of rotatable bonds is 4. The molecule has 23 heavy (non-hydrogen) atoms. The molecule has 1 amide bonds. The van der Waals surface area contributed by atoms with Crippen LogP contribution in [0.1, 0.15) is 13.8 Å². The second-order valence-electron chi connectivity index (χ2n) is 5.21. The molecule has 0 saturated carbocycles. The highest BCUT2D eigenvalue weighted by Gasteiger charge is 2.29. The SMILES string of the molecule is CC(Oc1ccc(Cl)cc1[N+](=O)[O-])C(=O)N1CCNCC1C.Cl. The Labute approximate surface area is 145 Å². The maximum Gasteiger partial charge on any atom is 0.312 e. The number of piperazine rings is 1. The van der Waals surface area contributed by atoms with Crippen LogP contribution in [0, 0.1) is 10.1 Å². The first kappa shape index (κ1) is 19.5. The lowest BCUT2D eigenvalue weighted by atomic mass is 10.2. The molecule has 0 aliphatic carbocycles. The molecule has 0 bridgehead atoms. The fourth-order valence-electron chi connectivity index (χ4n) is 2.38. The topological polar surface area (TPSA) is 84.7 Å². The molecule has 1 fully saturated rings. The predicted octanol–water partition coefficient (Wildman–Crippen LogP) is 2.26. The summed E-state index contributed by atoms with van der Waals surface area (Å²) in [5.41, 5.74) is -0.250. The third kappa shape index (κ3) is 4.70. The summed E-state index contributed by atoms with van der Waals surface area (Å²) in [4.78, 5) is 24.6. The van der Waals surface area contributed by atoms with Crippen molar-refractivity contribution >= 4 is 35.6 Å². The molecule has 9 heteroatoms. The van der Waals surface area contributed by atoms with Crippen LogP contribution >= 0.6 is 24.0 Å². The zero-order valence-electron chi connectivity index (χ0n) is 12.8. The Bertz CT molecular complexity index is 585. The van der Waals surface area contributed by atoms with Crippen molar-refractivity contribution in [1.82, 2.24) is 10.2 Å². The fourth-order valence-corrected chi connectivity index (χ4v) is 2.54. The molecule has 2 unspecified atom stereocenters. The minimum Gasteiger partial charge on any atom is -0.474 e. The smallest absolute Gasteiger partial charge is 0.312 e. The summed E-state index contributed by atoms with van der Waals surface area (Å²) in [7, 11) is 0. The van der Waals surface area contributed by atoms with Gasteiger partial charge in [-0.05, 0) is 26.0 Å². The highest BCUT2D eigenvalue weighted by Crippen LogP contribution is 2.30. The molecule has 1 aromatic carbocycles. The Morgan fingerprint density at radius 1 is 1.57 bits per heavy atom. The number of benzene rings is 1. The lowest BCUT2D eigenvalue weighted by Gasteiger charge is -2.35. The first-order valence-electron chi connectivity index (χ1n) is 7.02. The lowest BCUT2D eigenvalue weighted by Crippen LogP contribution is -2.55. The number of carbonyl (C=O) groups is 1. The van der Waals surface area contributed by atoms with Gasteiger partial charge in [-0.3, -0.25) is 14.9 Å². The van der Waals surface area contributed by atoms with Crippen molar-refractivity contribution in [3.63, 3.8) is 0 Å². The van der Waals surface area contributed by atoms with Gasteiger partial charge in [0.2, 0.25) is 0 Å². The summed E-state index contributed by atoms with van der Waals surface area (Å²) in [6, 6.07) is 4.18. The summed E-state index contributed by atoms with van der Waals surface area (Å²) in [5.74, 6) is -0.142. The van der Waals surface area contributed by atoms with E-state index in [1.807, 2.05) is 6.92 Å². The molecule has 2 atom stereocenters. The highest BCUT2D eigenvalue weighted by molar-refractivity contribution is 6.30. The molecule has 1 heterocycles. The van der Waals surface area contributed by atoms with Gasteiger partial charge in [-0.25, -0.2) is 0 Å². The number of halogens is 2. The van der Waals surface area contributed by atoms with Crippen molar-refractivity contribution < 1.29 is 14.5 Å². The molecule has 1 aliphatic heterocycles. The van der Waals surface area contributed by atoms with Gasteiger partial charge in [0.15, 0.2) is 11.9 Å². The maximum absolute atomic E-state index is 12.4. The predicted molar refractivity (Wildman–Crippen MR) is 89.5 cm³/mol. The van der Waals surface area contributed by atoms with Crippen molar-refractivity contribution in [3.05, 3.63) is 33.3 Å². The molecule has 0 radical (unpaired) electrons. The third-order valence-electron chi connectivity index (χ3n) is 3.55. The fraction of sp³-hybridized carbons (Fsp3) is 0.500. The molecular formula is C14H19Cl2N3O4. The van der Waals surface area contributed by atoms with Gasteiger partial charge in [0.1, 0.15) is 0 Å². The molecule has 1 aliphatic rings.